The number of para-hydroxylation sites is 1. The Labute approximate surface area is 148 Å². The topological polar surface area (TPSA) is 53.9 Å². The number of rotatable bonds is 3. The summed E-state index contributed by atoms with van der Waals surface area (Å²) in [6, 6.07) is 16.6. The van der Waals surface area contributed by atoms with Crippen molar-refractivity contribution in [2.24, 2.45) is 0 Å². The summed E-state index contributed by atoms with van der Waals surface area (Å²) in [5, 5.41) is 11.4. The maximum absolute atomic E-state index is 4.65. The molecule has 2 aromatic carbocycles. The third-order valence-electron chi connectivity index (χ3n) is 4.10. The van der Waals surface area contributed by atoms with Crippen molar-refractivity contribution in [3.63, 3.8) is 0 Å². The normalized spacial score (nSPS) is 16.1. The number of benzene rings is 2. The Kier molecular flexibility index (Phi) is 3.90. The predicted molar refractivity (Wildman–Crippen MR) is 99.0 cm³/mol. The molecule has 3 aromatic rings. The van der Waals surface area contributed by atoms with Crippen LogP contribution < -0.4 is 10.2 Å². The second-order valence-electron chi connectivity index (χ2n) is 5.82. The molecule has 0 aliphatic carbocycles. The number of nitrogens with one attached hydrogen (secondary N) is 1. The maximum atomic E-state index is 4.65. The number of nitrogens with zero attached hydrogens (tertiary/aromatic N) is 4. The molecule has 1 aliphatic heterocycles. The summed E-state index contributed by atoms with van der Waals surface area (Å²) in [7, 11) is 0. The maximum Gasteiger partial charge on any atom is 0.249 e. The van der Waals surface area contributed by atoms with E-state index >= 15 is 0 Å². The van der Waals surface area contributed by atoms with Gasteiger partial charge in [0.05, 0.1) is 6.20 Å². The molecule has 4 rings (SSSR count). The van der Waals surface area contributed by atoms with Gasteiger partial charge in [0.1, 0.15) is 0 Å². The summed E-state index contributed by atoms with van der Waals surface area (Å²) >= 11 is 3.43. The van der Waals surface area contributed by atoms with Gasteiger partial charge in [-0.15, -0.1) is 5.10 Å². The first-order chi connectivity index (χ1) is 11.7. The fourth-order valence-electron chi connectivity index (χ4n) is 3.04. The number of hydrogen-bond acceptors (Lipinski definition) is 5. The van der Waals surface area contributed by atoms with Crippen molar-refractivity contribution in [3.05, 3.63) is 64.8 Å². The van der Waals surface area contributed by atoms with Crippen LogP contribution in [0.5, 0.6) is 0 Å². The number of halogens is 1. The van der Waals surface area contributed by atoms with Gasteiger partial charge in [-0.05, 0) is 49.2 Å². The largest absolute Gasteiger partial charge is 0.323 e. The highest BCUT2D eigenvalue weighted by Crippen LogP contribution is 2.37. The minimum Gasteiger partial charge on any atom is -0.323 e. The second kappa shape index (κ2) is 6.20. The van der Waals surface area contributed by atoms with Crippen LogP contribution in [0.3, 0.4) is 0 Å². The zero-order valence-electron chi connectivity index (χ0n) is 13.1. The van der Waals surface area contributed by atoms with E-state index in [2.05, 4.69) is 72.5 Å². The van der Waals surface area contributed by atoms with Gasteiger partial charge < -0.3 is 10.2 Å². The predicted octanol–water partition coefficient (Wildman–Crippen LogP) is 4.46. The van der Waals surface area contributed by atoms with Gasteiger partial charge in [-0.25, -0.2) is 0 Å². The Bertz CT molecular complexity index is 865. The molecule has 6 heteroatoms. The van der Waals surface area contributed by atoms with Crippen LogP contribution in [0.2, 0.25) is 0 Å². The minimum absolute atomic E-state index is 0.347. The first-order valence-corrected chi connectivity index (χ1v) is 8.59. The first-order valence-electron chi connectivity index (χ1n) is 7.80. The van der Waals surface area contributed by atoms with Gasteiger partial charge >= 0.3 is 0 Å². The zero-order chi connectivity index (χ0) is 16.5. The van der Waals surface area contributed by atoms with E-state index in [4.69, 9.17) is 0 Å². The average Bonchev–Trinajstić information content (AvgIpc) is 2.93. The highest BCUT2D eigenvalue weighted by Gasteiger charge is 2.28. The summed E-state index contributed by atoms with van der Waals surface area (Å²) in [6.45, 7) is 2.20. The Balaban J connectivity index is 1.64. The highest BCUT2D eigenvalue weighted by molar-refractivity contribution is 9.10. The molecule has 0 spiro atoms. The van der Waals surface area contributed by atoms with Crippen LogP contribution in [0.15, 0.2) is 59.2 Å². The van der Waals surface area contributed by atoms with Gasteiger partial charge in [-0.2, -0.15) is 10.1 Å². The van der Waals surface area contributed by atoms with E-state index in [1.54, 1.807) is 6.20 Å². The molecule has 2 heterocycles. The van der Waals surface area contributed by atoms with Crippen LogP contribution in [0, 0.1) is 0 Å². The molecule has 0 amide bonds. The van der Waals surface area contributed by atoms with Crippen LogP contribution >= 0.6 is 15.9 Å². The summed E-state index contributed by atoms with van der Waals surface area (Å²) in [4.78, 5) is 6.87. The summed E-state index contributed by atoms with van der Waals surface area (Å²) in [5.41, 5.74) is 3.46. The molecular weight excluding hydrogens is 366 g/mol. The fraction of sp³-hybridized carbons (Fsp3) is 0.167. The van der Waals surface area contributed by atoms with Gasteiger partial charge in [0, 0.05) is 21.9 Å². The third kappa shape index (κ3) is 2.85. The van der Waals surface area contributed by atoms with Gasteiger partial charge in [0.15, 0.2) is 5.82 Å². The standard InChI is InChI=1S/C18H16BrN5/c1-12-10-13-4-2-3-5-16(13)24(12)17-11-20-23-18(22-17)21-15-8-6-14(19)7-9-15/h2-9,11-12H,10H2,1H3,(H,21,22,23). The highest BCUT2D eigenvalue weighted by atomic mass is 79.9. The number of anilines is 4. The Hall–Kier alpha value is -2.47. The van der Waals surface area contributed by atoms with E-state index in [9.17, 15) is 0 Å². The van der Waals surface area contributed by atoms with Crippen molar-refractivity contribution < 1.29 is 0 Å². The summed E-state index contributed by atoms with van der Waals surface area (Å²) in [6.07, 6.45) is 2.72. The Morgan fingerprint density at radius 3 is 2.75 bits per heavy atom. The van der Waals surface area contributed by atoms with Gasteiger partial charge in [-0.3, -0.25) is 0 Å². The van der Waals surface area contributed by atoms with E-state index < -0.39 is 0 Å². The van der Waals surface area contributed by atoms with E-state index in [1.807, 2.05) is 24.3 Å². The molecule has 1 atom stereocenters. The molecule has 0 saturated carbocycles. The van der Waals surface area contributed by atoms with Crippen molar-refractivity contribution >= 4 is 39.1 Å². The van der Waals surface area contributed by atoms with E-state index in [1.165, 1.54) is 11.3 Å². The molecular formula is C18H16BrN5. The molecule has 1 N–H and O–H groups in total. The number of hydrogen-bond donors (Lipinski definition) is 1. The zero-order valence-corrected chi connectivity index (χ0v) is 14.7. The van der Waals surface area contributed by atoms with Gasteiger partial charge in [0.25, 0.3) is 0 Å². The smallest absolute Gasteiger partial charge is 0.249 e. The molecule has 120 valence electrons. The molecule has 24 heavy (non-hydrogen) atoms. The van der Waals surface area contributed by atoms with Crippen molar-refractivity contribution in [2.75, 3.05) is 10.2 Å². The second-order valence-corrected chi connectivity index (χ2v) is 6.74. The molecule has 0 saturated heterocycles. The van der Waals surface area contributed by atoms with Crippen LogP contribution in [-0.2, 0) is 6.42 Å². The lowest BCUT2D eigenvalue weighted by atomic mass is 10.1. The number of fused-ring (bicyclic) bond motifs is 1. The molecule has 1 unspecified atom stereocenters. The molecule has 5 nitrogen and oxygen atoms in total. The molecule has 0 bridgehead atoms. The molecule has 0 radical (unpaired) electrons. The van der Waals surface area contributed by atoms with Crippen molar-refractivity contribution in [2.45, 2.75) is 19.4 Å². The Morgan fingerprint density at radius 2 is 1.92 bits per heavy atom. The van der Waals surface area contributed by atoms with Gasteiger partial charge in [-0.1, -0.05) is 34.1 Å². The Morgan fingerprint density at radius 1 is 1.12 bits per heavy atom. The first kappa shape index (κ1) is 15.1. The van der Waals surface area contributed by atoms with Crippen molar-refractivity contribution in [1.82, 2.24) is 15.2 Å². The van der Waals surface area contributed by atoms with Crippen LogP contribution in [-0.4, -0.2) is 21.2 Å². The average molecular weight is 382 g/mol. The number of aromatic nitrogens is 3. The van der Waals surface area contributed by atoms with Crippen LogP contribution in [0.1, 0.15) is 12.5 Å². The molecule has 1 aliphatic rings. The lowest BCUT2D eigenvalue weighted by molar-refractivity contribution is 0.745. The van der Waals surface area contributed by atoms with Crippen molar-refractivity contribution in [3.8, 4) is 0 Å². The van der Waals surface area contributed by atoms with Gasteiger partial charge in [0.2, 0.25) is 5.95 Å². The van der Waals surface area contributed by atoms with E-state index in [0.717, 1.165) is 22.4 Å². The molecule has 1 aromatic heterocycles. The monoisotopic (exact) mass is 381 g/mol. The summed E-state index contributed by atoms with van der Waals surface area (Å²) < 4.78 is 1.03. The lowest BCUT2D eigenvalue weighted by Crippen LogP contribution is -2.25. The van der Waals surface area contributed by atoms with E-state index in [0.29, 0.717) is 12.0 Å². The third-order valence-corrected chi connectivity index (χ3v) is 4.63. The molecule has 0 fully saturated rings. The van der Waals surface area contributed by atoms with Crippen LogP contribution in [0.25, 0.3) is 0 Å². The SMILES string of the molecule is CC1Cc2ccccc2N1c1cnnc(Nc2ccc(Br)cc2)n1. The minimum atomic E-state index is 0.347. The fourth-order valence-corrected chi connectivity index (χ4v) is 3.31. The van der Waals surface area contributed by atoms with Crippen LogP contribution in [0.4, 0.5) is 23.1 Å². The lowest BCUT2D eigenvalue weighted by Gasteiger charge is -2.23. The summed E-state index contributed by atoms with van der Waals surface area (Å²) in [5.74, 6) is 1.30. The van der Waals surface area contributed by atoms with E-state index in [-0.39, 0.29) is 0 Å². The van der Waals surface area contributed by atoms with Crippen molar-refractivity contribution in [1.29, 1.82) is 0 Å². The quantitative estimate of drug-likeness (QED) is 0.725.